The van der Waals surface area contributed by atoms with Crippen molar-refractivity contribution in [1.82, 2.24) is 10.3 Å². The highest BCUT2D eigenvalue weighted by Gasteiger charge is 2.19. The molecule has 0 radical (unpaired) electrons. The maximum atomic E-state index is 11.9. The van der Waals surface area contributed by atoms with E-state index in [0.29, 0.717) is 24.3 Å². The van der Waals surface area contributed by atoms with Crippen LogP contribution >= 0.6 is 0 Å². The van der Waals surface area contributed by atoms with Gasteiger partial charge in [-0.15, -0.1) is 0 Å². The monoisotopic (exact) mass is 250 g/mol. The summed E-state index contributed by atoms with van der Waals surface area (Å²) in [7, 11) is 0. The number of amides is 1. The number of aromatic nitrogens is 1. The highest BCUT2D eigenvalue weighted by atomic mass is 16.3. The first-order valence-electron chi connectivity index (χ1n) is 6.34. The molecule has 2 N–H and O–H groups in total. The summed E-state index contributed by atoms with van der Waals surface area (Å²) in [6.45, 7) is 9.23. The summed E-state index contributed by atoms with van der Waals surface area (Å²) in [5, 5.41) is 12.4. The van der Waals surface area contributed by atoms with Crippen LogP contribution in [0.4, 0.5) is 0 Å². The molecule has 18 heavy (non-hydrogen) atoms. The molecule has 1 rings (SSSR count). The van der Waals surface area contributed by atoms with Gasteiger partial charge in [-0.2, -0.15) is 0 Å². The largest absolute Gasteiger partial charge is 0.505 e. The third-order valence-electron chi connectivity index (χ3n) is 3.26. The van der Waals surface area contributed by atoms with Crippen molar-refractivity contribution in [1.29, 1.82) is 0 Å². The van der Waals surface area contributed by atoms with Crippen LogP contribution in [0.1, 0.15) is 38.1 Å². The number of carbonyl (C=O) groups is 1. The SMILES string of the molecule is CC(C)C(CNC(=O)c1ccncc1O)C(C)C. The Kier molecular flexibility index (Phi) is 5.13. The molecule has 0 saturated heterocycles. The van der Waals surface area contributed by atoms with Crippen LogP contribution in [-0.2, 0) is 0 Å². The van der Waals surface area contributed by atoms with Crippen LogP contribution in [0.5, 0.6) is 5.75 Å². The minimum absolute atomic E-state index is 0.0827. The van der Waals surface area contributed by atoms with Crippen molar-refractivity contribution >= 4 is 5.91 Å². The second kappa shape index (κ2) is 6.38. The van der Waals surface area contributed by atoms with Crippen molar-refractivity contribution in [3.8, 4) is 5.75 Å². The van der Waals surface area contributed by atoms with Crippen molar-refractivity contribution < 1.29 is 9.90 Å². The van der Waals surface area contributed by atoms with E-state index < -0.39 is 0 Å². The smallest absolute Gasteiger partial charge is 0.255 e. The van der Waals surface area contributed by atoms with Crippen LogP contribution in [0.15, 0.2) is 18.5 Å². The summed E-state index contributed by atoms with van der Waals surface area (Å²) in [5.74, 6) is 1.12. The maximum absolute atomic E-state index is 11.9. The van der Waals surface area contributed by atoms with Gasteiger partial charge in [-0.3, -0.25) is 9.78 Å². The molecular formula is C14H22N2O2. The molecule has 0 aliphatic carbocycles. The topological polar surface area (TPSA) is 62.2 Å². The quantitative estimate of drug-likeness (QED) is 0.843. The van der Waals surface area contributed by atoms with Crippen LogP contribution in [0, 0.1) is 17.8 Å². The van der Waals surface area contributed by atoms with Gasteiger partial charge in [-0.1, -0.05) is 27.7 Å². The van der Waals surface area contributed by atoms with Gasteiger partial charge in [0, 0.05) is 12.7 Å². The Bertz CT molecular complexity index is 395. The first-order chi connectivity index (χ1) is 8.43. The normalized spacial score (nSPS) is 11.3. The predicted molar refractivity (Wildman–Crippen MR) is 71.4 cm³/mol. The van der Waals surface area contributed by atoms with E-state index in [1.54, 1.807) is 0 Å². The highest BCUT2D eigenvalue weighted by Crippen LogP contribution is 2.20. The predicted octanol–water partition coefficient (Wildman–Crippen LogP) is 2.45. The fraction of sp³-hybridized carbons (Fsp3) is 0.571. The number of pyridine rings is 1. The lowest BCUT2D eigenvalue weighted by atomic mass is 9.85. The molecule has 0 saturated carbocycles. The minimum Gasteiger partial charge on any atom is -0.505 e. The summed E-state index contributed by atoms with van der Waals surface area (Å²) in [6.07, 6.45) is 2.77. The molecule has 0 aliphatic rings. The van der Waals surface area contributed by atoms with Gasteiger partial charge in [0.15, 0.2) is 0 Å². The van der Waals surface area contributed by atoms with E-state index in [0.717, 1.165) is 0 Å². The lowest BCUT2D eigenvalue weighted by molar-refractivity contribution is 0.0934. The number of aromatic hydroxyl groups is 1. The summed E-state index contributed by atoms with van der Waals surface area (Å²) in [6, 6.07) is 1.52. The summed E-state index contributed by atoms with van der Waals surface area (Å²) in [5.41, 5.74) is 0.274. The van der Waals surface area contributed by atoms with Crippen LogP contribution < -0.4 is 5.32 Å². The molecule has 4 nitrogen and oxygen atoms in total. The van der Waals surface area contributed by atoms with Crippen LogP contribution in [0.2, 0.25) is 0 Å². The van der Waals surface area contributed by atoms with Gasteiger partial charge in [0.05, 0.1) is 11.8 Å². The molecule has 1 amide bonds. The van der Waals surface area contributed by atoms with Gasteiger partial charge in [0.2, 0.25) is 0 Å². The Morgan fingerprint density at radius 1 is 1.33 bits per heavy atom. The standard InChI is InChI=1S/C14H22N2O2/c1-9(2)12(10(3)4)7-16-14(18)11-5-6-15-8-13(11)17/h5-6,8-10,12,17H,7H2,1-4H3,(H,16,18). The molecule has 4 heteroatoms. The van der Waals surface area contributed by atoms with Crippen molar-refractivity contribution in [2.24, 2.45) is 17.8 Å². The van der Waals surface area contributed by atoms with Crippen molar-refractivity contribution in [2.75, 3.05) is 6.54 Å². The zero-order chi connectivity index (χ0) is 13.7. The Morgan fingerprint density at radius 3 is 2.44 bits per heavy atom. The molecule has 1 aromatic rings. The number of rotatable bonds is 5. The Labute approximate surface area is 108 Å². The number of carbonyl (C=O) groups excluding carboxylic acids is 1. The second-order valence-electron chi connectivity index (χ2n) is 5.25. The van der Waals surface area contributed by atoms with Gasteiger partial charge >= 0.3 is 0 Å². The van der Waals surface area contributed by atoms with Crippen LogP contribution in [-0.4, -0.2) is 22.5 Å². The summed E-state index contributed by atoms with van der Waals surface area (Å²) < 4.78 is 0. The van der Waals surface area contributed by atoms with E-state index >= 15 is 0 Å². The highest BCUT2D eigenvalue weighted by molar-refractivity contribution is 5.96. The lowest BCUT2D eigenvalue weighted by Gasteiger charge is -2.25. The molecule has 0 aromatic carbocycles. The molecule has 100 valence electrons. The fourth-order valence-corrected chi connectivity index (χ4v) is 2.13. The van der Waals surface area contributed by atoms with Crippen LogP contribution in [0.25, 0.3) is 0 Å². The van der Waals surface area contributed by atoms with E-state index in [1.807, 2.05) is 0 Å². The second-order valence-corrected chi connectivity index (χ2v) is 5.25. The molecule has 1 heterocycles. The Hall–Kier alpha value is -1.58. The van der Waals surface area contributed by atoms with E-state index in [1.165, 1.54) is 18.5 Å². The van der Waals surface area contributed by atoms with E-state index in [2.05, 4.69) is 38.0 Å². The lowest BCUT2D eigenvalue weighted by Crippen LogP contribution is -2.33. The van der Waals surface area contributed by atoms with Gasteiger partial charge in [0.25, 0.3) is 5.91 Å². The Morgan fingerprint density at radius 2 is 1.94 bits per heavy atom. The molecule has 0 spiro atoms. The first kappa shape index (κ1) is 14.5. The molecule has 0 atom stereocenters. The number of nitrogens with one attached hydrogen (secondary N) is 1. The number of nitrogens with zero attached hydrogens (tertiary/aromatic N) is 1. The van der Waals surface area contributed by atoms with Gasteiger partial charge in [-0.25, -0.2) is 0 Å². The third kappa shape index (κ3) is 3.72. The zero-order valence-electron chi connectivity index (χ0n) is 11.5. The molecule has 0 fully saturated rings. The summed E-state index contributed by atoms with van der Waals surface area (Å²) in [4.78, 5) is 15.7. The Balaban J connectivity index is 2.64. The average Bonchev–Trinajstić information content (AvgIpc) is 2.28. The first-order valence-corrected chi connectivity index (χ1v) is 6.34. The van der Waals surface area contributed by atoms with Crippen molar-refractivity contribution in [3.63, 3.8) is 0 Å². The minimum atomic E-state index is -0.249. The molecule has 0 unspecified atom stereocenters. The fourth-order valence-electron chi connectivity index (χ4n) is 2.13. The van der Waals surface area contributed by atoms with E-state index in [-0.39, 0.29) is 17.2 Å². The third-order valence-corrected chi connectivity index (χ3v) is 3.26. The van der Waals surface area contributed by atoms with E-state index in [9.17, 15) is 9.90 Å². The molecular weight excluding hydrogens is 228 g/mol. The average molecular weight is 250 g/mol. The molecule has 0 aliphatic heterocycles. The van der Waals surface area contributed by atoms with Crippen LogP contribution in [0.3, 0.4) is 0 Å². The molecule has 1 aromatic heterocycles. The van der Waals surface area contributed by atoms with Crippen molar-refractivity contribution in [3.05, 3.63) is 24.0 Å². The maximum Gasteiger partial charge on any atom is 0.255 e. The summed E-state index contributed by atoms with van der Waals surface area (Å²) >= 11 is 0. The van der Waals surface area contributed by atoms with Crippen molar-refractivity contribution in [2.45, 2.75) is 27.7 Å². The molecule has 0 bridgehead atoms. The van der Waals surface area contributed by atoms with Gasteiger partial charge < -0.3 is 10.4 Å². The van der Waals surface area contributed by atoms with Gasteiger partial charge in [-0.05, 0) is 23.8 Å². The van der Waals surface area contributed by atoms with Gasteiger partial charge in [0.1, 0.15) is 5.75 Å². The number of hydrogen-bond acceptors (Lipinski definition) is 3. The number of hydrogen-bond donors (Lipinski definition) is 2. The van der Waals surface area contributed by atoms with E-state index in [4.69, 9.17) is 0 Å². The zero-order valence-corrected chi connectivity index (χ0v) is 11.5.